The van der Waals surface area contributed by atoms with Crippen molar-refractivity contribution in [2.75, 3.05) is 20.2 Å². The molecule has 16 heavy (non-hydrogen) atoms. The van der Waals surface area contributed by atoms with Crippen LogP contribution in [0, 0.1) is 0 Å². The lowest BCUT2D eigenvalue weighted by Crippen LogP contribution is -2.45. The fourth-order valence-electron chi connectivity index (χ4n) is 1.89. The first kappa shape index (κ1) is 11.4. The number of carbonyl (C=O) groups excluding carboxylic acids is 1. The highest BCUT2D eigenvalue weighted by atomic mass is 32.1. The molecule has 1 aliphatic rings. The summed E-state index contributed by atoms with van der Waals surface area (Å²) in [6, 6.07) is 1.91. The number of ether oxygens (including phenoxy) is 1. The molecule has 2 N–H and O–H groups in total. The molecule has 1 atom stereocenters. The maximum absolute atomic E-state index is 12.1. The van der Waals surface area contributed by atoms with Gasteiger partial charge in [-0.3, -0.25) is 4.79 Å². The monoisotopic (exact) mass is 240 g/mol. The molecule has 1 aromatic rings. The predicted octanol–water partition coefficient (Wildman–Crippen LogP) is 1.32. The number of carbonyl (C=O) groups is 1. The quantitative estimate of drug-likeness (QED) is 0.848. The van der Waals surface area contributed by atoms with Gasteiger partial charge in [0.05, 0.1) is 12.0 Å². The van der Waals surface area contributed by atoms with Gasteiger partial charge in [0.15, 0.2) is 0 Å². The van der Waals surface area contributed by atoms with Crippen LogP contribution in [0.1, 0.15) is 22.5 Å². The van der Waals surface area contributed by atoms with Crippen molar-refractivity contribution in [2.24, 2.45) is 5.73 Å². The molecule has 0 radical (unpaired) electrons. The minimum absolute atomic E-state index is 0.0726. The van der Waals surface area contributed by atoms with Crippen molar-refractivity contribution in [3.63, 3.8) is 0 Å². The zero-order valence-corrected chi connectivity index (χ0v) is 10.1. The first-order valence-electron chi connectivity index (χ1n) is 5.38. The molecule has 0 saturated carbocycles. The number of nitrogens with zero attached hydrogens (tertiary/aromatic N) is 1. The predicted molar refractivity (Wildman–Crippen MR) is 64.0 cm³/mol. The highest BCUT2D eigenvalue weighted by Crippen LogP contribution is 2.23. The Bertz CT molecular complexity index is 378. The van der Waals surface area contributed by atoms with E-state index in [0.29, 0.717) is 6.54 Å². The molecule has 1 aliphatic heterocycles. The van der Waals surface area contributed by atoms with Gasteiger partial charge in [-0.1, -0.05) is 0 Å². The zero-order valence-electron chi connectivity index (χ0n) is 9.31. The Balaban J connectivity index is 2.06. The van der Waals surface area contributed by atoms with Gasteiger partial charge in [-0.2, -0.15) is 0 Å². The molecule has 2 rings (SSSR count). The van der Waals surface area contributed by atoms with Gasteiger partial charge in [0.1, 0.15) is 5.75 Å². The molecule has 0 aromatic carbocycles. The Hall–Kier alpha value is -1.07. The van der Waals surface area contributed by atoms with Gasteiger partial charge in [-0.05, 0) is 12.8 Å². The maximum Gasteiger partial charge on any atom is 0.264 e. The molecule has 2 heterocycles. The number of piperidine rings is 1. The molecule has 1 saturated heterocycles. The van der Waals surface area contributed by atoms with Crippen molar-refractivity contribution in [1.29, 1.82) is 0 Å². The van der Waals surface area contributed by atoms with Gasteiger partial charge in [0.2, 0.25) is 0 Å². The topological polar surface area (TPSA) is 55.6 Å². The van der Waals surface area contributed by atoms with Gasteiger partial charge < -0.3 is 15.4 Å². The largest absolute Gasteiger partial charge is 0.496 e. The Morgan fingerprint density at radius 3 is 3.12 bits per heavy atom. The minimum atomic E-state index is 0.0726. The van der Waals surface area contributed by atoms with Gasteiger partial charge in [-0.15, -0.1) is 11.3 Å². The van der Waals surface area contributed by atoms with E-state index in [2.05, 4.69) is 0 Å². The number of likely N-dealkylation sites (tertiary alicyclic amines) is 1. The Morgan fingerprint density at radius 2 is 2.50 bits per heavy atom. The second-order valence-corrected chi connectivity index (χ2v) is 4.92. The molecule has 0 unspecified atom stereocenters. The summed E-state index contributed by atoms with van der Waals surface area (Å²) in [6.45, 7) is 1.48. The number of methoxy groups -OCH3 is 1. The Labute approximate surface area is 99.0 Å². The van der Waals surface area contributed by atoms with E-state index in [9.17, 15) is 4.79 Å². The van der Waals surface area contributed by atoms with E-state index in [1.807, 2.05) is 10.3 Å². The molecular formula is C11H16N2O2S. The molecule has 1 amide bonds. The van der Waals surface area contributed by atoms with Crippen LogP contribution in [0.2, 0.25) is 0 Å². The number of thiophene rings is 1. The summed E-state index contributed by atoms with van der Waals surface area (Å²) < 4.78 is 5.07. The van der Waals surface area contributed by atoms with Gasteiger partial charge in [0, 0.05) is 30.6 Å². The van der Waals surface area contributed by atoms with Crippen LogP contribution in [0.3, 0.4) is 0 Å². The minimum Gasteiger partial charge on any atom is -0.496 e. The van der Waals surface area contributed by atoms with E-state index in [-0.39, 0.29) is 11.9 Å². The summed E-state index contributed by atoms with van der Waals surface area (Å²) in [4.78, 5) is 14.7. The van der Waals surface area contributed by atoms with Crippen LogP contribution in [0.4, 0.5) is 0 Å². The summed E-state index contributed by atoms with van der Waals surface area (Å²) >= 11 is 1.42. The molecule has 88 valence electrons. The smallest absolute Gasteiger partial charge is 0.264 e. The zero-order chi connectivity index (χ0) is 11.5. The summed E-state index contributed by atoms with van der Waals surface area (Å²) in [6.07, 6.45) is 2.01. The second-order valence-electron chi connectivity index (χ2n) is 4.00. The van der Waals surface area contributed by atoms with Crippen molar-refractivity contribution in [2.45, 2.75) is 18.9 Å². The lowest BCUT2D eigenvalue weighted by atomic mass is 10.1. The second kappa shape index (κ2) is 4.84. The molecule has 0 aliphatic carbocycles. The third-order valence-corrected chi connectivity index (χ3v) is 3.66. The molecule has 0 bridgehead atoms. The Morgan fingerprint density at radius 1 is 1.69 bits per heavy atom. The van der Waals surface area contributed by atoms with Crippen molar-refractivity contribution in [3.05, 3.63) is 16.3 Å². The number of rotatable bonds is 2. The average Bonchev–Trinajstić information content (AvgIpc) is 2.76. The van der Waals surface area contributed by atoms with E-state index in [1.54, 1.807) is 13.2 Å². The maximum atomic E-state index is 12.1. The fraction of sp³-hybridized carbons (Fsp3) is 0.545. The number of hydrogen-bond donors (Lipinski definition) is 1. The molecule has 1 aromatic heterocycles. The van der Waals surface area contributed by atoms with Crippen molar-refractivity contribution in [1.82, 2.24) is 4.90 Å². The highest BCUT2D eigenvalue weighted by molar-refractivity contribution is 7.12. The van der Waals surface area contributed by atoms with Crippen LogP contribution in [0.25, 0.3) is 0 Å². The van der Waals surface area contributed by atoms with Gasteiger partial charge in [0.25, 0.3) is 5.91 Å². The van der Waals surface area contributed by atoms with Crippen LogP contribution < -0.4 is 10.5 Å². The molecule has 4 nitrogen and oxygen atoms in total. The first-order valence-corrected chi connectivity index (χ1v) is 6.26. The molecule has 1 fully saturated rings. The SMILES string of the molecule is COc1csc(C(=O)N2CCC[C@@H](N)C2)c1. The van der Waals surface area contributed by atoms with Gasteiger partial charge >= 0.3 is 0 Å². The van der Waals surface area contributed by atoms with Gasteiger partial charge in [-0.25, -0.2) is 0 Å². The highest BCUT2D eigenvalue weighted by Gasteiger charge is 2.23. The fourth-order valence-corrected chi connectivity index (χ4v) is 2.71. The van der Waals surface area contributed by atoms with E-state index in [1.165, 1.54) is 11.3 Å². The summed E-state index contributed by atoms with van der Waals surface area (Å²) in [5, 5.41) is 1.84. The number of hydrogen-bond acceptors (Lipinski definition) is 4. The van der Waals surface area contributed by atoms with Crippen LogP contribution >= 0.6 is 11.3 Å². The molecule has 5 heteroatoms. The Kier molecular flexibility index (Phi) is 3.46. The molecule has 0 spiro atoms. The van der Waals surface area contributed by atoms with E-state index in [0.717, 1.165) is 30.0 Å². The average molecular weight is 240 g/mol. The van der Waals surface area contributed by atoms with Crippen LogP contribution in [-0.4, -0.2) is 37.0 Å². The lowest BCUT2D eigenvalue weighted by Gasteiger charge is -2.30. The third kappa shape index (κ3) is 2.36. The van der Waals surface area contributed by atoms with Crippen LogP contribution in [0.15, 0.2) is 11.4 Å². The number of nitrogens with two attached hydrogens (primary N) is 1. The van der Waals surface area contributed by atoms with Crippen LogP contribution in [-0.2, 0) is 0 Å². The van der Waals surface area contributed by atoms with E-state index in [4.69, 9.17) is 10.5 Å². The normalized spacial score (nSPS) is 20.9. The first-order chi connectivity index (χ1) is 7.70. The standard InChI is InChI=1S/C11H16N2O2S/c1-15-9-5-10(16-7-9)11(14)13-4-2-3-8(12)6-13/h5,7-8H,2-4,6,12H2,1H3/t8-/m1/s1. The summed E-state index contributed by atoms with van der Waals surface area (Å²) in [5.74, 6) is 0.818. The van der Waals surface area contributed by atoms with Crippen molar-refractivity contribution in [3.8, 4) is 5.75 Å². The van der Waals surface area contributed by atoms with Crippen molar-refractivity contribution >= 4 is 17.2 Å². The van der Waals surface area contributed by atoms with Crippen molar-refractivity contribution < 1.29 is 9.53 Å². The van der Waals surface area contributed by atoms with E-state index < -0.39 is 0 Å². The molecular weight excluding hydrogens is 224 g/mol. The number of amides is 1. The van der Waals surface area contributed by atoms with E-state index >= 15 is 0 Å². The summed E-state index contributed by atoms with van der Waals surface area (Å²) in [5.41, 5.74) is 5.86. The third-order valence-electron chi connectivity index (χ3n) is 2.77. The van der Waals surface area contributed by atoms with Crippen LogP contribution in [0.5, 0.6) is 5.75 Å². The lowest BCUT2D eigenvalue weighted by molar-refractivity contribution is 0.0713. The summed E-state index contributed by atoms with van der Waals surface area (Å²) in [7, 11) is 1.60.